The number of hydrogen-bond donors (Lipinski definition) is 1. The van der Waals surface area contributed by atoms with Crippen molar-refractivity contribution >= 4 is 21.4 Å². The van der Waals surface area contributed by atoms with Gasteiger partial charge in [0.15, 0.2) is 9.84 Å². The predicted molar refractivity (Wildman–Crippen MR) is 74.3 cm³/mol. The smallest absolute Gasteiger partial charge is 0.175 e. The van der Waals surface area contributed by atoms with Gasteiger partial charge in [-0.2, -0.15) is 0 Å². The van der Waals surface area contributed by atoms with E-state index in [0.29, 0.717) is 17.1 Å². The Morgan fingerprint density at radius 3 is 2.67 bits per heavy atom. The molecule has 0 spiro atoms. The third-order valence-corrected chi connectivity index (χ3v) is 4.15. The van der Waals surface area contributed by atoms with Gasteiger partial charge in [-0.25, -0.2) is 8.42 Å². The van der Waals surface area contributed by atoms with E-state index in [-0.39, 0.29) is 10.9 Å². The van der Waals surface area contributed by atoms with Crippen molar-refractivity contribution in [3.05, 3.63) is 28.8 Å². The van der Waals surface area contributed by atoms with Gasteiger partial charge in [0.1, 0.15) is 0 Å². The molecule has 0 fully saturated rings. The second-order valence-electron chi connectivity index (χ2n) is 4.00. The average Bonchev–Trinajstić information content (AvgIpc) is 2.30. The molecule has 1 unspecified atom stereocenters. The lowest BCUT2D eigenvalue weighted by atomic mass is 10.2. The molecule has 0 amide bonds. The van der Waals surface area contributed by atoms with E-state index in [0.717, 1.165) is 6.42 Å². The molecule has 0 aliphatic rings. The first-order valence-corrected chi connectivity index (χ1v) is 7.84. The van der Waals surface area contributed by atoms with Gasteiger partial charge >= 0.3 is 0 Å². The van der Waals surface area contributed by atoms with Crippen molar-refractivity contribution in [3.8, 4) is 12.3 Å². The van der Waals surface area contributed by atoms with Crippen LogP contribution < -0.4 is 5.32 Å². The molecule has 1 atom stereocenters. The van der Waals surface area contributed by atoms with Crippen LogP contribution in [-0.4, -0.2) is 20.7 Å². The maximum absolute atomic E-state index is 11.7. The van der Waals surface area contributed by atoms with Gasteiger partial charge in [-0.15, -0.1) is 6.42 Å². The second-order valence-corrected chi connectivity index (χ2v) is 6.39. The van der Waals surface area contributed by atoms with E-state index >= 15 is 0 Å². The zero-order valence-electron chi connectivity index (χ0n) is 10.4. The van der Waals surface area contributed by atoms with Gasteiger partial charge in [0.2, 0.25) is 0 Å². The number of halogens is 1. The summed E-state index contributed by atoms with van der Waals surface area (Å²) in [6.07, 6.45) is 7.29. The number of hydrogen-bond acceptors (Lipinski definition) is 3. The molecule has 0 saturated carbocycles. The van der Waals surface area contributed by atoms with E-state index in [1.54, 1.807) is 18.2 Å². The molecule has 0 saturated heterocycles. The van der Waals surface area contributed by atoms with Gasteiger partial charge in [0, 0.05) is 23.4 Å². The Morgan fingerprint density at radius 1 is 1.50 bits per heavy atom. The maximum Gasteiger partial charge on any atom is 0.175 e. The minimum atomic E-state index is -3.29. The van der Waals surface area contributed by atoms with Gasteiger partial charge in [0.25, 0.3) is 0 Å². The number of terminal acetylenes is 1. The monoisotopic (exact) mass is 285 g/mol. The highest BCUT2D eigenvalue weighted by molar-refractivity contribution is 7.90. The summed E-state index contributed by atoms with van der Waals surface area (Å²) >= 11 is 6.05. The van der Waals surface area contributed by atoms with Crippen molar-refractivity contribution in [1.29, 1.82) is 0 Å². The fourth-order valence-corrected chi connectivity index (χ4v) is 2.86. The van der Waals surface area contributed by atoms with Crippen LogP contribution in [0.1, 0.15) is 18.9 Å². The summed E-state index contributed by atoms with van der Waals surface area (Å²) in [7, 11) is -3.29. The number of nitrogens with one attached hydrogen (secondary N) is 1. The van der Waals surface area contributed by atoms with E-state index in [4.69, 9.17) is 18.0 Å². The summed E-state index contributed by atoms with van der Waals surface area (Å²) in [6.45, 7) is 2.30. The molecule has 0 heterocycles. The standard InChI is InChI=1S/C13H16ClNO2S/c1-4-10(5-2)15-9-11-12(14)7-6-8-13(11)18(3,16)17/h1,6-8,10,15H,5,9H2,2-3H3. The number of sulfone groups is 1. The summed E-state index contributed by atoms with van der Waals surface area (Å²) < 4.78 is 23.3. The van der Waals surface area contributed by atoms with Crippen molar-refractivity contribution in [2.45, 2.75) is 30.8 Å². The topological polar surface area (TPSA) is 46.2 Å². The largest absolute Gasteiger partial charge is 0.299 e. The summed E-state index contributed by atoms with van der Waals surface area (Å²) in [4.78, 5) is 0.245. The van der Waals surface area contributed by atoms with Crippen LogP contribution in [0.5, 0.6) is 0 Å². The van der Waals surface area contributed by atoms with E-state index in [9.17, 15) is 8.42 Å². The van der Waals surface area contributed by atoms with Crippen LogP contribution in [-0.2, 0) is 16.4 Å². The Kier molecular flexibility index (Phi) is 5.21. The minimum absolute atomic E-state index is 0.0892. The van der Waals surface area contributed by atoms with Gasteiger partial charge < -0.3 is 0 Å². The zero-order valence-corrected chi connectivity index (χ0v) is 12.0. The highest BCUT2D eigenvalue weighted by Crippen LogP contribution is 2.23. The van der Waals surface area contributed by atoms with Gasteiger partial charge in [-0.05, 0) is 18.6 Å². The van der Waals surface area contributed by atoms with E-state index in [2.05, 4.69) is 11.2 Å². The summed E-state index contributed by atoms with van der Waals surface area (Å²) in [5, 5.41) is 3.53. The molecular weight excluding hydrogens is 270 g/mol. The molecule has 0 radical (unpaired) electrons. The lowest BCUT2D eigenvalue weighted by Gasteiger charge is -2.14. The first-order chi connectivity index (χ1) is 8.40. The summed E-state index contributed by atoms with van der Waals surface area (Å²) in [5.74, 6) is 2.60. The molecule has 5 heteroatoms. The van der Waals surface area contributed by atoms with Crippen molar-refractivity contribution in [3.63, 3.8) is 0 Å². The van der Waals surface area contributed by atoms with Gasteiger partial charge in [-0.3, -0.25) is 5.32 Å². The number of benzene rings is 1. The fourth-order valence-electron chi connectivity index (χ4n) is 1.60. The van der Waals surface area contributed by atoms with Gasteiger partial charge in [-0.1, -0.05) is 30.5 Å². The molecule has 1 N–H and O–H groups in total. The SMILES string of the molecule is C#CC(CC)NCc1c(Cl)cccc1S(C)(=O)=O. The molecule has 1 aromatic rings. The molecule has 0 bridgehead atoms. The Hall–Kier alpha value is -1.02. The summed E-state index contributed by atoms with van der Waals surface area (Å²) in [5.41, 5.74) is 0.565. The fraction of sp³-hybridized carbons (Fsp3) is 0.385. The normalized spacial score (nSPS) is 13.0. The molecule has 1 aromatic carbocycles. The van der Waals surface area contributed by atoms with Crippen molar-refractivity contribution in [2.24, 2.45) is 0 Å². The van der Waals surface area contributed by atoms with Gasteiger partial charge in [0.05, 0.1) is 10.9 Å². The van der Waals surface area contributed by atoms with Crippen molar-refractivity contribution in [1.82, 2.24) is 5.32 Å². The first kappa shape index (κ1) is 15.0. The van der Waals surface area contributed by atoms with Crippen molar-refractivity contribution in [2.75, 3.05) is 6.26 Å². The highest BCUT2D eigenvalue weighted by Gasteiger charge is 2.16. The third-order valence-electron chi connectivity index (χ3n) is 2.61. The van der Waals surface area contributed by atoms with Crippen LogP contribution in [0.3, 0.4) is 0 Å². The first-order valence-electron chi connectivity index (χ1n) is 5.57. The third kappa shape index (κ3) is 3.74. The molecule has 0 aromatic heterocycles. The van der Waals surface area contributed by atoms with Crippen LogP contribution in [0.2, 0.25) is 5.02 Å². The molecule has 0 aliphatic carbocycles. The Labute approximate surface area is 113 Å². The van der Waals surface area contributed by atoms with E-state index in [1.807, 2.05) is 6.92 Å². The maximum atomic E-state index is 11.7. The predicted octanol–water partition coefficient (Wildman–Crippen LogP) is 2.24. The van der Waals surface area contributed by atoms with Crippen LogP contribution in [0.4, 0.5) is 0 Å². The van der Waals surface area contributed by atoms with Crippen molar-refractivity contribution < 1.29 is 8.42 Å². The van der Waals surface area contributed by atoms with Crippen LogP contribution >= 0.6 is 11.6 Å². The Morgan fingerprint density at radius 2 is 2.17 bits per heavy atom. The highest BCUT2D eigenvalue weighted by atomic mass is 35.5. The molecule has 98 valence electrons. The average molecular weight is 286 g/mol. The van der Waals surface area contributed by atoms with Crippen LogP contribution in [0.15, 0.2) is 23.1 Å². The van der Waals surface area contributed by atoms with E-state index < -0.39 is 9.84 Å². The lowest BCUT2D eigenvalue weighted by molar-refractivity contribution is 0.580. The summed E-state index contributed by atoms with van der Waals surface area (Å²) in [6, 6.07) is 4.76. The Balaban J connectivity index is 3.06. The minimum Gasteiger partial charge on any atom is -0.299 e. The zero-order chi connectivity index (χ0) is 13.8. The molecule has 18 heavy (non-hydrogen) atoms. The lowest BCUT2D eigenvalue weighted by Crippen LogP contribution is -2.27. The molecule has 1 rings (SSSR count). The van der Waals surface area contributed by atoms with Crippen LogP contribution in [0.25, 0.3) is 0 Å². The molecular formula is C13H16ClNO2S. The molecule has 0 aliphatic heterocycles. The number of rotatable bonds is 5. The second kappa shape index (κ2) is 6.24. The quantitative estimate of drug-likeness (QED) is 0.844. The van der Waals surface area contributed by atoms with Crippen LogP contribution in [0, 0.1) is 12.3 Å². The Bertz CT molecular complexity index is 561. The van der Waals surface area contributed by atoms with E-state index in [1.165, 1.54) is 6.26 Å². The molecule has 3 nitrogen and oxygen atoms in total.